The smallest absolute Gasteiger partial charge is 0.213 e. The zero-order valence-electron chi connectivity index (χ0n) is 7.61. The van der Waals surface area contributed by atoms with Crippen LogP contribution < -0.4 is 4.74 Å². The minimum absolute atomic E-state index is 0.0838. The van der Waals surface area contributed by atoms with E-state index in [1.165, 1.54) is 0 Å². The lowest BCUT2D eigenvalue weighted by Crippen LogP contribution is -2.02. The van der Waals surface area contributed by atoms with Gasteiger partial charge in [0, 0.05) is 19.1 Å². The summed E-state index contributed by atoms with van der Waals surface area (Å²) < 4.78 is 5.20. The van der Waals surface area contributed by atoms with Crippen LogP contribution in [0, 0.1) is 0 Å². The molecular formula is C9H12ClNO3. The third-order valence-electron chi connectivity index (χ3n) is 1.60. The van der Waals surface area contributed by atoms with Gasteiger partial charge in [-0.05, 0) is 6.07 Å². The Hall–Kier alpha value is -0.840. The highest BCUT2D eigenvalue weighted by Gasteiger charge is 2.03. The molecule has 0 saturated carbocycles. The van der Waals surface area contributed by atoms with Gasteiger partial charge < -0.3 is 14.9 Å². The highest BCUT2D eigenvalue weighted by molar-refractivity contribution is 6.31. The number of rotatable bonds is 5. The molecule has 2 N–H and O–H groups in total. The summed E-state index contributed by atoms with van der Waals surface area (Å²) in [4.78, 5) is 3.98. The summed E-state index contributed by atoms with van der Waals surface area (Å²) in [5.41, 5.74) is 0.396. The zero-order chi connectivity index (χ0) is 10.4. The molecule has 0 fully saturated rings. The molecule has 0 radical (unpaired) electrons. The van der Waals surface area contributed by atoms with Crippen molar-refractivity contribution in [3.8, 4) is 5.88 Å². The molecule has 0 bridgehead atoms. The Labute approximate surface area is 87.1 Å². The van der Waals surface area contributed by atoms with Gasteiger partial charge in [0.2, 0.25) is 5.88 Å². The third-order valence-corrected chi connectivity index (χ3v) is 1.94. The van der Waals surface area contributed by atoms with E-state index in [0.29, 0.717) is 29.6 Å². The molecule has 0 spiro atoms. The Balaban J connectivity index is 2.60. The van der Waals surface area contributed by atoms with E-state index in [1.807, 2.05) is 0 Å². The number of hydrogen-bond donors (Lipinski definition) is 2. The molecule has 1 heterocycles. The van der Waals surface area contributed by atoms with Crippen molar-refractivity contribution in [2.75, 3.05) is 13.2 Å². The second kappa shape index (κ2) is 5.80. The first-order valence-electron chi connectivity index (χ1n) is 4.28. The molecule has 4 nitrogen and oxygen atoms in total. The number of aliphatic hydroxyl groups is 2. The van der Waals surface area contributed by atoms with Crippen LogP contribution in [0.25, 0.3) is 0 Å². The minimum atomic E-state index is -0.212. The maximum atomic E-state index is 8.87. The lowest BCUT2D eigenvalue weighted by molar-refractivity contribution is 0.227. The maximum absolute atomic E-state index is 8.87. The summed E-state index contributed by atoms with van der Waals surface area (Å²) in [5, 5.41) is 17.8. The summed E-state index contributed by atoms with van der Waals surface area (Å²) in [6.07, 6.45) is 0.554. The van der Waals surface area contributed by atoms with Crippen LogP contribution in [-0.4, -0.2) is 28.4 Å². The first-order chi connectivity index (χ1) is 6.77. The Morgan fingerprint density at radius 3 is 2.79 bits per heavy atom. The monoisotopic (exact) mass is 217 g/mol. The summed E-state index contributed by atoms with van der Waals surface area (Å²) in [6, 6.07) is 3.24. The van der Waals surface area contributed by atoms with E-state index in [-0.39, 0.29) is 13.2 Å². The molecule has 0 amide bonds. The molecule has 5 heteroatoms. The van der Waals surface area contributed by atoms with E-state index in [9.17, 15) is 0 Å². The van der Waals surface area contributed by atoms with Crippen molar-refractivity contribution in [2.24, 2.45) is 0 Å². The van der Waals surface area contributed by atoms with Gasteiger partial charge >= 0.3 is 0 Å². The molecule has 1 rings (SSSR count). The maximum Gasteiger partial charge on any atom is 0.213 e. The average molecular weight is 218 g/mol. The quantitative estimate of drug-likeness (QED) is 0.722. The number of pyridine rings is 1. The van der Waals surface area contributed by atoms with Gasteiger partial charge in [0.05, 0.1) is 23.9 Å². The lowest BCUT2D eigenvalue weighted by Gasteiger charge is -2.06. The third kappa shape index (κ3) is 3.14. The minimum Gasteiger partial charge on any atom is -0.478 e. The van der Waals surface area contributed by atoms with Crippen molar-refractivity contribution in [3.63, 3.8) is 0 Å². The molecule has 1 aromatic rings. The Kier molecular flexibility index (Phi) is 4.65. The van der Waals surface area contributed by atoms with Gasteiger partial charge in [-0.3, -0.25) is 0 Å². The normalized spacial score (nSPS) is 10.2. The van der Waals surface area contributed by atoms with E-state index >= 15 is 0 Å². The topological polar surface area (TPSA) is 62.6 Å². The van der Waals surface area contributed by atoms with Crippen molar-refractivity contribution in [3.05, 3.63) is 22.8 Å². The Morgan fingerprint density at radius 1 is 1.36 bits per heavy atom. The predicted octanol–water partition coefficient (Wildman–Crippen LogP) is 0.988. The van der Waals surface area contributed by atoms with Crippen LogP contribution >= 0.6 is 11.6 Å². The number of aromatic nitrogens is 1. The summed E-state index contributed by atoms with van der Waals surface area (Å²) in [5.74, 6) is 0.409. The van der Waals surface area contributed by atoms with E-state index in [4.69, 9.17) is 26.6 Å². The van der Waals surface area contributed by atoms with Gasteiger partial charge in [0.15, 0.2) is 0 Å². The zero-order valence-corrected chi connectivity index (χ0v) is 8.37. The van der Waals surface area contributed by atoms with E-state index in [1.54, 1.807) is 12.1 Å². The van der Waals surface area contributed by atoms with Crippen molar-refractivity contribution in [1.82, 2.24) is 4.98 Å². The summed E-state index contributed by atoms with van der Waals surface area (Å²) in [6.45, 7) is 0.270. The number of halogens is 1. The van der Waals surface area contributed by atoms with Gasteiger partial charge in [-0.2, -0.15) is 0 Å². The van der Waals surface area contributed by atoms with Crippen molar-refractivity contribution >= 4 is 11.6 Å². The highest BCUT2D eigenvalue weighted by atomic mass is 35.5. The molecule has 0 aliphatic heterocycles. The first kappa shape index (κ1) is 11.2. The molecule has 0 aliphatic carbocycles. The largest absolute Gasteiger partial charge is 0.478 e. The fraction of sp³-hybridized carbons (Fsp3) is 0.444. The van der Waals surface area contributed by atoms with Crippen LogP contribution in [0.3, 0.4) is 0 Å². The standard InChI is InChI=1S/C9H12ClNO3/c10-7-2-3-9(11-8(7)6-13)14-5-1-4-12/h2-3,12-13H,1,4-6H2. The van der Waals surface area contributed by atoms with Crippen LogP contribution in [0.4, 0.5) is 0 Å². The van der Waals surface area contributed by atoms with Gasteiger partial charge in [-0.15, -0.1) is 0 Å². The number of hydrogen-bond acceptors (Lipinski definition) is 4. The molecule has 0 aromatic carbocycles. The van der Waals surface area contributed by atoms with Crippen molar-refractivity contribution in [2.45, 2.75) is 13.0 Å². The molecule has 78 valence electrons. The summed E-state index contributed by atoms with van der Waals surface area (Å²) in [7, 11) is 0. The van der Waals surface area contributed by atoms with Crippen LogP contribution in [0.15, 0.2) is 12.1 Å². The number of ether oxygens (including phenoxy) is 1. The fourth-order valence-corrected chi connectivity index (χ4v) is 1.06. The fourth-order valence-electron chi connectivity index (χ4n) is 0.897. The van der Waals surface area contributed by atoms with Crippen molar-refractivity contribution in [1.29, 1.82) is 0 Å². The molecule has 0 aliphatic rings. The molecular weight excluding hydrogens is 206 g/mol. The van der Waals surface area contributed by atoms with Crippen LogP contribution in [-0.2, 0) is 6.61 Å². The SMILES string of the molecule is OCCCOc1ccc(Cl)c(CO)n1. The summed E-state index contributed by atoms with van der Waals surface area (Å²) >= 11 is 5.74. The van der Waals surface area contributed by atoms with Crippen LogP contribution in [0.5, 0.6) is 5.88 Å². The van der Waals surface area contributed by atoms with Gasteiger partial charge in [-0.1, -0.05) is 11.6 Å². The van der Waals surface area contributed by atoms with E-state index in [2.05, 4.69) is 4.98 Å². The van der Waals surface area contributed by atoms with Crippen LogP contribution in [0.2, 0.25) is 5.02 Å². The molecule has 0 atom stereocenters. The lowest BCUT2D eigenvalue weighted by atomic mass is 10.3. The average Bonchev–Trinajstić information content (AvgIpc) is 2.21. The molecule has 0 unspecified atom stereocenters. The Morgan fingerprint density at radius 2 is 2.14 bits per heavy atom. The molecule has 14 heavy (non-hydrogen) atoms. The Bertz CT molecular complexity index is 293. The van der Waals surface area contributed by atoms with Gasteiger partial charge in [0.1, 0.15) is 0 Å². The highest BCUT2D eigenvalue weighted by Crippen LogP contribution is 2.17. The molecule has 0 saturated heterocycles. The second-order valence-corrected chi connectivity index (χ2v) is 3.07. The predicted molar refractivity (Wildman–Crippen MR) is 52.4 cm³/mol. The van der Waals surface area contributed by atoms with Crippen LogP contribution in [0.1, 0.15) is 12.1 Å². The molecule has 1 aromatic heterocycles. The number of nitrogens with zero attached hydrogens (tertiary/aromatic N) is 1. The van der Waals surface area contributed by atoms with Crippen molar-refractivity contribution < 1.29 is 14.9 Å². The number of aliphatic hydroxyl groups excluding tert-OH is 2. The van der Waals surface area contributed by atoms with E-state index in [0.717, 1.165) is 0 Å². The first-order valence-corrected chi connectivity index (χ1v) is 4.65. The second-order valence-electron chi connectivity index (χ2n) is 2.66. The van der Waals surface area contributed by atoms with Gasteiger partial charge in [-0.25, -0.2) is 4.98 Å². The van der Waals surface area contributed by atoms with E-state index < -0.39 is 0 Å². The van der Waals surface area contributed by atoms with Gasteiger partial charge in [0.25, 0.3) is 0 Å².